The summed E-state index contributed by atoms with van der Waals surface area (Å²) < 4.78 is 40.9. The third kappa shape index (κ3) is 4.84. The summed E-state index contributed by atoms with van der Waals surface area (Å²) in [5.41, 5.74) is 2.57. The molecule has 1 aromatic carbocycles. The summed E-state index contributed by atoms with van der Waals surface area (Å²) in [6.45, 7) is 3.11. The van der Waals surface area contributed by atoms with Gasteiger partial charge in [0.05, 0.1) is 5.56 Å². The summed E-state index contributed by atoms with van der Waals surface area (Å²) in [4.78, 5) is 23.5. The van der Waals surface area contributed by atoms with Crippen molar-refractivity contribution in [1.82, 2.24) is 19.4 Å². The number of pyridine rings is 1. The molecule has 0 aliphatic carbocycles. The highest BCUT2D eigenvalue weighted by Crippen LogP contribution is 2.31. The second-order valence-corrected chi connectivity index (χ2v) is 8.37. The third-order valence-electron chi connectivity index (χ3n) is 5.83. The zero-order chi connectivity index (χ0) is 22.9. The van der Waals surface area contributed by atoms with E-state index in [1.54, 1.807) is 30.1 Å². The number of likely N-dealkylation sites (tertiary alicyclic amines) is 1. The summed E-state index contributed by atoms with van der Waals surface area (Å²) >= 11 is 0. The number of benzene rings is 1. The molecule has 1 aliphatic rings. The van der Waals surface area contributed by atoms with E-state index < -0.39 is 11.7 Å². The van der Waals surface area contributed by atoms with Gasteiger partial charge in [-0.15, -0.1) is 0 Å². The van der Waals surface area contributed by atoms with E-state index in [1.807, 2.05) is 24.0 Å². The van der Waals surface area contributed by atoms with Gasteiger partial charge >= 0.3 is 6.18 Å². The predicted octanol–water partition coefficient (Wildman–Crippen LogP) is 4.75. The van der Waals surface area contributed by atoms with Gasteiger partial charge in [-0.05, 0) is 55.5 Å². The SMILES string of the molecule is Cc1cc(Cc2cccc(C(F)(F)F)c2)cc([C@H]2CCCN(C(=O)c3nccn3C)C2)n1. The lowest BCUT2D eigenvalue weighted by Crippen LogP contribution is -2.40. The molecule has 168 valence electrons. The molecule has 0 saturated carbocycles. The van der Waals surface area contributed by atoms with Crippen molar-refractivity contribution >= 4 is 5.91 Å². The van der Waals surface area contributed by atoms with Crippen LogP contribution in [0.5, 0.6) is 0 Å². The smallest absolute Gasteiger partial charge is 0.335 e. The lowest BCUT2D eigenvalue weighted by molar-refractivity contribution is -0.137. The first-order chi connectivity index (χ1) is 15.2. The van der Waals surface area contributed by atoms with Gasteiger partial charge in [-0.2, -0.15) is 13.2 Å². The molecular formula is C24H25F3N4O. The number of halogens is 3. The van der Waals surface area contributed by atoms with E-state index in [4.69, 9.17) is 4.98 Å². The van der Waals surface area contributed by atoms with Crippen LogP contribution in [0.25, 0.3) is 0 Å². The largest absolute Gasteiger partial charge is 0.416 e. The number of amides is 1. The Morgan fingerprint density at radius 1 is 1.19 bits per heavy atom. The van der Waals surface area contributed by atoms with Crippen LogP contribution in [0.15, 0.2) is 48.8 Å². The minimum absolute atomic E-state index is 0.0770. The van der Waals surface area contributed by atoms with Crippen molar-refractivity contribution < 1.29 is 18.0 Å². The van der Waals surface area contributed by atoms with Crippen LogP contribution >= 0.6 is 0 Å². The van der Waals surface area contributed by atoms with Crippen LogP contribution in [0.3, 0.4) is 0 Å². The van der Waals surface area contributed by atoms with E-state index in [9.17, 15) is 18.0 Å². The topological polar surface area (TPSA) is 51.0 Å². The minimum atomic E-state index is -4.36. The average molecular weight is 442 g/mol. The van der Waals surface area contributed by atoms with Crippen LogP contribution in [0, 0.1) is 6.92 Å². The molecule has 0 unspecified atom stereocenters. The zero-order valence-electron chi connectivity index (χ0n) is 18.1. The maximum absolute atomic E-state index is 13.1. The van der Waals surface area contributed by atoms with Gasteiger partial charge in [-0.25, -0.2) is 4.98 Å². The first-order valence-corrected chi connectivity index (χ1v) is 10.6. The van der Waals surface area contributed by atoms with Gasteiger partial charge in [-0.3, -0.25) is 9.78 Å². The number of aryl methyl sites for hydroxylation is 2. The van der Waals surface area contributed by atoms with Crippen LogP contribution in [0.4, 0.5) is 13.2 Å². The molecule has 1 atom stereocenters. The van der Waals surface area contributed by atoms with Crippen LogP contribution in [-0.4, -0.2) is 38.4 Å². The summed E-state index contributed by atoms with van der Waals surface area (Å²) in [6.07, 6.45) is 1.15. The summed E-state index contributed by atoms with van der Waals surface area (Å²) in [5, 5.41) is 0. The molecule has 3 aromatic rings. The molecule has 8 heteroatoms. The normalized spacial score (nSPS) is 16.9. The molecule has 1 aliphatic heterocycles. The molecule has 1 amide bonds. The fourth-order valence-electron chi connectivity index (χ4n) is 4.29. The number of nitrogens with zero attached hydrogens (tertiary/aromatic N) is 4. The van der Waals surface area contributed by atoms with Crippen molar-refractivity contribution in [2.45, 2.75) is 38.3 Å². The van der Waals surface area contributed by atoms with E-state index >= 15 is 0 Å². The van der Waals surface area contributed by atoms with Crippen LogP contribution < -0.4 is 0 Å². The van der Waals surface area contributed by atoms with Crippen molar-refractivity contribution in [2.24, 2.45) is 7.05 Å². The molecule has 32 heavy (non-hydrogen) atoms. The molecule has 1 saturated heterocycles. The molecule has 5 nitrogen and oxygen atoms in total. The number of aromatic nitrogens is 3. The van der Waals surface area contributed by atoms with Gasteiger partial charge in [0, 0.05) is 49.8 Å². The van der Waals surface area contributed by atoms with Crippen molar-refractivity contribution in [3.63, 3.8) is 0 Å². The van der Waals surface area contributed by atoms with E-state index in [0.29, 0.717) is 30.9 Å². The van der Waals surface area contributed by atoms with Gasteiger partial charge in [0.2, 0.25) is 0 Å². The molecular weight excluding hydrogens is 417 g/mol. The van der Waals surface area contributed by atoms with Crippen molar-refractivity contribution in [2.75, 3.05) is 13.1 Å². The fraction of sp³-hybridized carbons (Fsp3) is 0.375. The van der Waals surface area contributed by atoms with E-state index in [0.717, 1.165) is 35.9 Å². The lowest BCUT2D eigenvalue weighted by atomic mass is 9.92. The number of carbonyl (C=O) groups excluding carboxylic acids is 1. The Hall–Kier alpha value is -3.16. The van der Waals surface area contributed by atoms with Gasteiger partial charge in [0.25, 0.3) is 5.91 Å². The number of hydrogen-bond donors (Lipinski definition) is 0. The first kappa shape index (κ1) is 22.0. The minimum Gasteiger partial charge on any atom is -0.335 e. The van der Waals surface area contributed by atoms with Crippen LogP contribution in [-0.2, 0) is 19.6 Å². The predicted molar refractivity (Wildman–Crippen MR) is 114 cm³/mol. The number of imidazole rings is 1. The first-order valence-electron chi connectivity index (χ1n) is 10.6. The number of hydrogen-bond acceptors (Lipinski definition) is 3. The second-order valence-electron chi connectivity index (χ2n) is 8.37. The van der Waals surface area contributed by atoms with Crippen molar-refractivity contribution in [3.8, 4) is 0 Å². The molecule has 3 heterocycles. The van der Waals surface area contributed by atoms with Crippen molar-refractivity contribution in [3.05, 3.63) is 82.7 Å². The molecule has 4 rings (SSSR count). The number of carbonyl (C=O) groups is 1. The molecule has 0 bridgehead atoms. The Morgan fingerprint density at radius 2 is 2.00 bits per heavy atom. The Balaban J connectivity index is 1.54. The quantitative estimate of drug-likeness (QED) is 0.586. The number of piperidine rings is 1. The zero-order valence-corrected chi connectivity index (χ0v) is 18.1. The number of alkyl halides is 3. The monoisotopic (exact) mass is 442 g/mol. The van der Waals surface area contributed by atoms with Crippen molar-refractivity contribution in [1.29, 1.82) is 0 Å². The number of rotatable bonds is 4. The maximum atomic E-state index is 13.1. The highest BCUT2D eigenvalue weighted by molar-refractivity contribution is 5.90. The highest BCUT2D eigenvalue weighted by atomic mass is 19.4. The summed E-state index contributed by atoms with van der Waals surface area (Å²) in [6, 6.07) is 9.30. The Kier molecular flexibility index (Phi) is 6.04. The second kappa shape index (κ2) is 8.76. The lowest BCUT2D eigenvalue weighted by Gasteiger charge is -2.32. The Labute approximate surface area is 184 Å². The molecule has 0 spiro atoms. The Bertz CT molecular complexity index is 1120. The average Bonchev–Trinajstić information content (AvgIpc) is 3.18. The highest BCUT2D eigenvalue weighted by Gasteiger charge is 2.31. The van der Waals surface area contributed by atoms with E-state index in [1.165, 1.54) is 12.1 Å². The fourth-order valence-corrected chi connectivity index (χ4v) is 4.29. The van der Waals surface area contributed by atoms with E-state index in [2.05, 4.69) is 4.98 Å². The van der Waals surface area contributed by atoms with Gasteiger partial charge in [-0.1, -0.05) is 18.2 Å². The molecule has 0 radical (unpaired) electrons. The summed E-state index contributed by atoms with van der Waals surface area (Å²) in [7, 11) is 1.80. The molecule has 0 N–H and O–H groups in total. The van der Waals surface area contributed by atoms with Crippen LogP contribution in [0.1, 0.15) is 57.5 Å². The maximum Gasteiger partial charge on any atom is 0.416 e. The third-order valence-corrected chi connectivity index (χ3v) is 5.83. The molecule has 1 fully saturated rings. The van der Waals surface area contributed by atoms with Crippen LogP contribution in [0.2, 0.25) is 0 Å². The van der Waals surface area contributed by atoms with Gasteiger partial charge in [0.1, 0.15) is 0 Å². The van der Waals surface area contributed by atoms with Gasteiger partial charge in [0.15, 0.2) is 5.82 Å². The standard InChI is InChI=1S/C24H25F3N4O/c1-16-11-18(12-17-5-3-7-20(13-17)24(25,26)27)14-21(29-16)19-6-4-9-31(15-19)23(32)22-28-8-10-30(22)2/h3,5,7-8,10-11,13-14,19H,4,6,9,12,15H2,1-2H3/t19-/m0/s1. The Morgan fingerprint density at radius 3 is 2.72 bits per heavy atom. The van der Waals surface area contributed by atoms with Gasteiger partial charge < -0.3 is 9.47 Å². The molecule has 2 aromatic heterocycles. The van der Waals surface area contributed by atoms with E-state index in [-0.39, 0.29) is 11.8 Å². The summed E-state index contributed by atoms with van der Waals surface area (Å²) in [5.74, 6) is 0.389.